The van der Waals surface area contributed by atoms with Crippen molar-refractivity contribution in [2.45, 2.75) is 25.4 Å². The van der Waals surface area contributed by atoms with Gasteiger partial charge in [-0.25, -0.2) is 13.1 Å². The van der Waals surface area contributed by atoms with Gasteiger partial charge in [-0.3, -0.25) is 4.90 Å². The smallest absolute Gasteiger partial charge is 0.208 e. The molecule has 1 aliphatic rings. The number of rotatable bonds is 4. The lowest BCUT2D eigenvalue weighted by Crippen LogP contribution is -2.44. The summed E-state index contributed by atoms with van der Waals surface area (Å²) in [6, 6.07) is 9.84. The van der Waals surface area contributed by atoms with Gasteiger partial charge in [-0.05, 0) is 24.5 Å². The molecule has 6 heteroatoms. The van der Waals surface area contributed by atoms with Crippen LogP contribution in [0.1, 0.15) is 24.0 Å². The third-order valence-corrected chi connectivity index (χ3v) is 4.26. The van der Waals surface area contributed by atoms with Gasteiger partial charge in [-0.1, -0.05) is 18.2 Å². The van der Waals surface area contributed by atoms with E-state index in [2.05, 4.69) is 15.7 Å². The summed E-state index contributed by atoms with van der Waals surface area (Å²) in [4.78, 5) is 2.26. The first-order valence-electron chi connectivity index (χ1n) is 6.65. The van der Waals surface area contributed by atoms with Crippen LogP contribution >= 0.6 is 0 Å². The highest BCUT2D eigenvalue weighted by Gasteiger charge is 2.21. The molecule has 0 atom stereocenters. The normalized spacial score (nSPS) is 17.8. The van der Waals surface area contributed by atoms with Crippen LogP contribution < -0.4 is 4.72 Å². The first-order valence-corrected chi connectivity index (χ1v) is 8.55. The van der Waals surface area contributed by atoms with Crippen molar-refractivity contribution >= 4 is 10.0 Å². The molecule has 0 aromatic heterocycles. The number of nitrogens with zero attached hydrogens (tertiary/aromatic N) is 2. The van der Waals surface area contributed by atoms with Crippen molar-refractivity contribution in [3.63, 3.8) is 0 Å². The molecule has 1 aliphatic heterocycles. The standard InChI is InChI=1S/C14H19N3O2S/c1-20(18,19)16-14-6-8-17(9-7-14)11-13-5-3-2-4-12(13)10-15/h2-5,14,16H,6-9,11H2,1H3. The number of benzene rings is 1. The molecule has 2 rings (SSSR count). The summed E-state index contributed by atoms with van der Waals surface area (Å²) >= 11 is 0. The molecule has 108 valence electrons. The van der Waals surface area contributed by atoms with Crippen molar-refractivity contribution in [1.82, 2.24) is 9.62 Å². The van der Waals surface area contributed by atoms with Crippen molar-refractivity contribution in [1.29, 1.82) is 5.26 Å². The van der Waals surface area contributed by atoms with Gasteiger partial charge in [0.15, 0.2) is 0 Å². The third-order valence-electron chi connectivity index (χ3n) is 3.50. The lowest BCUT2D eigenvalue weighted by molar-refractivity contribution is 0.200. The highest BCUT2D eigenvalue weighted by atomic mass is 32.2. The monoisotopic (exact) mass is 293 g/mol. The van der Waals surface area contributed by atoms with E-state index in [0.717, 1.165) is 38.0 Å². The van der Waals surface area contributed by atoms with Gasteiger partial charge in [0.05, 0.1) is 17.9 Å². The van der Waals surface area contributed by atoms with E-state index in [9.17, 15) is 8.42 Å². The Morgan fingerprint density at radius 3 is 2.60 bits per heavy atom. The fourth-order valence-corrected chi connectivity index (χ4v) is 3.36. The van der Waals surface area contributed by atoms with Gasteiger partial charge >= 0.3 is 0 Å². The fourth-order valence-electron chi connectivity index (χ4n) is 2.52. The van der Waals surface area contributed by atoms with E-state index < -0.39 is 10.0 Å². The molecule has 0 aliphatic carbocycles. The minimum Gasteiger partial charge on any atom is -0.299 e. The van der Waals surface area contributed by atoms with Crippen LogP contribution in [0.4, 0.5) is 0 Å². The zero-order valence-electron chi connectivity index (χ0n) is 11.5. The van der Waals surface area contributed by atoms with Crippen LogP contribution in [0, 0.1) is 11.3 Å². The number of hydrogen-bond acceptors (Lipinski definition) is 4. The minimum atomic E-state index is -3.12. The van der Waals surface area contributed by atoms with E-state index in [-0.39, 0.29) is 6.04 Å². The highest BCUT2D eigenvalue weighted by Crippen LogP contribution is 2.16. The lowest BCUT2D eigenvalue weighted by atomic mass is 10.0. The average molecular weight is 293 g/mol. The van der Waals surface area contributed by atoms with Gasteiger partial charge < -0.3 is 0 Å². The van der Waals surface area contributed by atoms with Crippen molar-refractivity contribution in [2.24, 2.45) is 0 Å². The Morgan fingerprint density at radius 1 is 1.35 bits per heavy atom. The molecule has 1 N–H and O–H groups in total. The van der Waals surface area contributed by atoms with Crippen LogP contribution in [0.2, 0.25) is 0 Å². The molecule has 0 amide bonds. The van der Waals surface area contributed by atoms with Gasteiger partial charge in [0.2, 0.25) is 10.0 Å². The number of nitriles is 1. The Bertz CT molecular complexity index is 599. The minimum absolute atomic E-state index is 0.0347. The van der Waals surface area contributed by atoms with Crippen LogP contribution in [0.3, 0.4) is 0 Å². The molecular formula is C14H19N3O2S. The van der Waals surface area contributed by atoms with E-state index in [1.165, 1.54) is 6.26 Å². The van der Waals surface area contributed by atoms with E-state index in [0.29, 0.717) is 5.56 Å². The molecule has 0 spiro atoms. The van der Waals surface area contributed by atoms with Crippen LogP contribution in [-0.2, 0) is 16.6 Å². The van der Waals surface area contributed by atoms with Crippen molar-refractivity contribution in [3.8, 4) is 6.07 Å². The summed E-state index contributed by atoms with van der Waals surface area (Å²) in [6.07, 6.45) is 2.81. The van der Waals surface area contributed by atoms with E-state index in [4.69, 9.17) is 5.26 Å². The highest BCUT2D eigenvalue weighted by molar-refractivity contribution is 7.88. The second kappa shape index (κ2) is 6.35. The maximum atomic E-state index is 11.2. The first-order chi connectivity index (χ1) is 9.48. The Balaban J connectivity index is 1.90. The Morgan fingerprint density at radius 2 is 2.00 bits per heavy atom. The molecule has 1 heterocycles. The fraction of sp³-hybridized carbons (Fsp3) is 0.500. The number of nitrogens with one attached hydrogen (secondary N) is 1. The van der Waals surface area contributed by atoms with Crippen molar-refractivity contribution in [2.75, 3.05) is 19.3 Å². The molecule has 0 radical (unpaired) electrons. The number of piperidine rings is 1. The van der Waals surface area contributed by atoms with Gasteiger partial charge in [-0.15, -0.1) is 0 Å². The zero-order chi connectivity index (χ0) is 14.6. The molecule has 1 aromatic carbocycles. The second-order valence-corrected chi connectivity index (χ2v) is 6.99. The van der Waals surface area contributed by atoms with Crippen molar-refractivity contribution < 1.29 is 8.42 Å². The molecule has 5 nitrogen and oxygen atoms in total. The molecular weight excluding hydrogens is 274 g/mol. The van der Waals surface area contributed by atoms with Gasteiger partial charge in [-0.2, -0.15) is 5.26 Å². The second-order valence-electron chi connectivity index (χ2n) is 5.21. The molecule has 1 fully saturated rings. The van der Waals surface area contributed by atoms with Gasteiger partial charge in [0.1, 0.15) is 0 Å². The maximum absolute atomic E-state index is 11.2. The molecule has 0 saturated carbocycles. The predicted octanol–water partition coefficient (Wildman–Crippen LogP) is 1.07. The number of likely N-dealkylation sites (tertiary alicyclic amines) is 1. The van der Waals surface area contributed by atoms with Gasteiger partial charge in [0, 0.05) is 25.7 Å². The zero-order valence-corrected chi connectivity index (χ0v) is 12.4. The Labute approximate surface area is 120 Å². The topological polar surface area (TPSA) is 73.2 Å². The number of sulfonamides is 1. The Kier molecular flexibility index (Phi) is 4.76. The third kappa shape index (κ3) is 4.30. The van der Waals surface area contributed by atoms with Crippen LogP contribution in [0.25, 0.3) is 0 Å². The van der Waals surface area contributed by atoms with Crippen LogP contribution in [0.15, 0.2) is 24.3 Å². The molecule has 1 aromatic rings. The summed E-state index contributed by atoms with van der Waals surface area (Å²) in [5.74, 6) is 0. The molecule has 0 unspecified atom stereocenters. The SMILES string of the molecule is CS(=O)(=O)NC1CCN(Cc2ccccc2C#N)CC1. The van der Waals surface area contributed by atoms with Crippen LogP contribution in [0.5, 0.6) is 0 Å². The van der Waals surface area contributed by atoms with Gasteiger partial charge in [0.25, 0.3) is 0 Å². The summed E-state index contributed by atoms with van der Waals surface area (Å²) < 4.78 is 25.0. The maximum Gasteiger partial charge on any atom is 0.208 e. The summed E-state index contributed by atoms with van der Waals surface area (Å²) in [5, 5.41) is 9.07. The van der Waals surface area contributed by atoms with Crippen LogP contribution in [-0.4, -0.2) is 38.7 Å². The lowest BCUT2D eigenvalue weighted by Gasteiger charge is -2.32. The summed E-state index contributed by atoms with van der Waals surface area (Å²) in [6.45, 7) is 2.43. The van der Waals surface area contributed by atoms with E-state index >= 15 is 0 Å². The molecule has 1 saturated heterocycles. The Hall–Kier alpha value is -1.42. The average Bonchev–Trinajstić information content (AvgIpc) is 2.40. The molecule has 20 heavy (non-hydrogen) atoms. The quantitative estimate of drug-likeness (QED) is 0.901. The first kappa shape index (κ1) is 15.0. The molecule has 0 bridgehead atoms. The van der Waals surface area contributed by atoms with E-state index in [1.54, 1.807) is 0 Å². The summed E-state index contributed by atoms with van der Waals surface area (Å²) in [5.41, 5.74) is 1.74. The van der Waals surface area contributed by atoms with Crippen molar-refractivity contribution in [3.05, 3.63) is 35.4 Å². The summed E-state index contributed by atoms with van der Waals surface area (Å²) in [7, 11) is -3.12. The van der Waals surface area contributed by atoms with E-state index in [1.807, 2.05) is 24.3 Å². The number of hydrogen-bond donors (Lipinski definition) is 1. The predicted molar refractivity (Wildman–Crippen MR) is 77.4 cm³/mol. The largest absolute Gasteiger partial charge is 0.299 e.